The molecule has 1 aromatic heterocycles. The van der Waals surface area contributed by atoms with Gasteiger partial charge in [-0.1, -0.05) is 72.8 Å². The summed E-state index contributed by atoms with van der Waals surface area (Å²) in [4.78, 5) is 32.3. The predicted molar refractivity (Wildman–Crippen MR) is 202 cm³/mol. The summed E-state index contributed by atoms with van der Waals surface area (Å²) in [5.74, 6) is -0.465. The topological polar surface area (TPSA) is 76.0 Å². The van der Waals surface area contributed by atoms with Crippen molar-refractivity contribution < 1.29 is 35.9 Å². The number of nitrogens with zero attached hydrogens (tertiary/aromatic N) is 2. The number of alkyl halides is 6. The molecule has 0 saturated carbocycles. The van der Waals surface area contributed by atoms with Crippen LogP contribution >= 0.6 is 0 Å². The van der Waals surface area contributed by atoms with Crippen molar-refractivity contribution >= 4 is 34.1 Å². The molecule has 12 heteroatoms. The first-order chi connectivity index (χ1) is 26.1. The molecule has 286 valence electrons. The maximum Gasteiger partial charge on any atom is 0.416 e. The Kier molecular flexibility index (Phi) is 11.1. The van der Waals surface area contributed by atoms with Crippen LogP contribution in [0.25, 0.3) is 27.7 Å². The number of hydrogen-bond acceptors (Lipinski definition) is 3. The first-order valence-electron chi connectivity index (χ1n) is 17.9. The van der Waals surface area contributed by atoms with Gasteiger partial charge >= 0.3 is 12.4 Å². The Hall–Kier alpha value is -5.65. The highest BCUT2D eigenvalue weighted by Crippen LogP contribution is 2.46. The molecular weight excluding hydrogens is 718 g/mol. The third kappa shape index (κ3) is 8.23. The number of amides is 2. The van der Waals surface area contributed by atoms with Gasteiger partial charge in [-0.25, -0.2) is 4.98 Å². The molecule has 55 heavy (non-hydrogen) atoms. The largest absolute Gasteiger partial charge is 0.416 e. The second-order valence-electron chi connectivity index (χ2n) is 13.8. The molecule has 1 aliphatic rings. The molecule has 0 aliphatic heterocycles. The molecule has 1 unspecified atom stereocenters. The summed E-state index contributed by atoms with van der Waals surface area (Å²) in [5.41, 5.74) is 4.15. The minimum atomic E-state index is -4.56. The quantitative estimate of drug-likeness (QED) is 0.0713. The van der Waals surface area contributed by atoms with Gasteiger partial charge in [0.25, 0.3) is 5.91 Å². The highest BCUT2D eigenvalue weighted by Gasteiger charge is 2.44. The summed E-state index contributed by atoms with van der Waals surface area (Å²) < 4.78 is 81.3. The Morgan fingerprint density at radius 3 is 2.25 bits per heavy atom. The number of benzene rings is 4. The van der Waals surface area contributed by atoms with Crippen molar-refractivity contribution in [3.63, 3.8) is 0 Å². The molecule has 0 saturated heterocycles. The summed E-state index contributed by atoms with van der Waals surface area (Å²) in [6, 6.07) is 22.5. The first-order valence-corrected chi connectivity index (χ1v) is 17.9. The van der Waals surface area contributed by atoms with Crippen molar-refractivity contribution in [2.24, 2.45) is 0 Å². The lowest BCUT2D eigenvalue weighted by Gasteiger charge is -2.28. The van der Waals surface area contributed by atoms with E-state index >= 15 is 0 Å². The summed E-state index contributed by atoms with van der Waals surface area (Å²) >= 11 is 0. The Labute approximate surface area is 315 Å². The number of aromatic nitrogens is 2. The van der Waals surface area contributed by atoms with Crippen LogP contribution in [0.4, 0.5) is 32.0 Å². The minimum absolute atomic E-state index is 0.276. The van der Waals surface area contributed by atoms with Gasteiger partial charge in [-0.05, 0) is 104 Å². The van der Waals surface area contributed by atoms with E-state index in [1.807, 2.05) is 54.8 Å². The molecule has 0 radical (unpaired) electrons. The molecule has 0 spiro atoms. The fraction of sp³-hybridized carbons (Fsp3) is 0.279. The summed E-state index contributed by atoms with van der Waals surface area (Å²) in [6.45, 7) is 6.54. The van der Waals surface area contributed by atoms with E-state index < -0.39 is 41.7 Å². The summed E-state index contributed by atoms with van der Waals surface area (Å²) in [7, 11) is 0. The third-order valence-electron chi connectivity index (χ3n) is 10.1. The monoisotopic (exact) mass is 758 g/mol. The smallest absolute Gasteiger partial charge is 0.346 e. The normalized spacial score (nSPS) is 15.5. The molecule has 2 N–H and O–H groups in total. The predicted octanol–water partition coefficient (Wildman–Crippen LogP) is 10.7. The summed E-state index contributed by atoms with van der Waals surface area (Å²) in [6.07, 6.45) is -2.81. The van der Waals surface area contributed by atoms with Crippen LogP contribution in [0, 0.1) is 13.8 Å². The zero-order chi connectivity index (χ0) is 39.5. The van der Waals surface area contributed by atoms with E-state index in [0.29, 0.717) is 65.9 Å². The van der Waals surface area contributed by atoms with E-state index in [2.05, 4.69) is 17.2 Å². The van der Waals surface area contributed by atoms with Gasteiger partial charge in [0, 0.05) is 12.1 Å². The number of anilines is 1. The fourth-order valence-corrected chi connectivity index (χ4v) is 7.39. The van der Waals surface area contributed by atoms with Gasteiger partial charge in [0.2, 0.25) is 5.91 Å². The summed E-state index contributed by atoms with van der Waals surface area (Å²) in [5, 5.41) is 5.15. The molecule has 0 fully saturated rings. The van der Waals surface area contributed by atoms with Crippen molar-refractivity contribution in [2.75, 3.05) is 11.9 Å². The number of imidazole rings is 1. The fourth-order valence-electron chi connectivity index (χ4n) is 7.39. The Bertz CT molecular complexity index is 2270. The number of allylic oxidation sites excluding steroid dienone is 2. The van der Waals surface area contributed by atoms with Crippen LogP contribution in [-0.2, 0) is 22.9 Å². The molecule has 1 aliphatic carbocycles. The first kappa shape index (κ1) is 39.1. The van der Waals surface area contributed by atoms with E-state index in [1.54, 1.807) is 36.4 Å². The third-order valence-corrected chi connectivity index (χ3v) is 10.1. The Morgan fingerprint density at radius 2 is 1.56 bits per heavy atom. The number of halogens is 6. The van der Waals surface area contributed by atoms with Gasteiger partial charge in [-0.15, -0.1) is 6.58 Å². The SMILES string of the molecule is C=CCCC1=CC(CCCCn2c(C)nc3c(NC(=O)c4ccccc4-c4ccc(C(F)(F)F)cc4)c(C)ccc32)(C(=O)NCC(F)(F)F)c2ccccc21. The second kappa shape index (κ2) is 15.6. The highest BCUT2D eigenvalue weighted by molar-refractivity contribution is 6.12. The van der Waals surface area contributed by atoms with Crippen LogP contribution in [0.2, 0.25) is 0 Å². The van der Waals surface area contributed by atoms with Gasteiger partial charge < -0.3 is 15.2 Å². The van der Waals surface area contributed by atoms with Gasteiger partial charge in [-0.3, -0.25) is 9.59 Å². The lowest BCUT2D eigenvalue weighted by molar-refractivity contribution is -0.141. The zero-order valence-electron chi connectivity index (χ0n) is 30.4. The molecule has 1 heterocycles. The zero-order valence-corrected chi connectivity index (χ0v) is 30.4. The molecular formula is C43H40F6N4O2. The highest BCUT2D eigenvalue weighted by atomic mass is 19.4. The van der Waals surface area contributed by atoms with E-state index in [9.17, 15) is 35.9 Å². The molecule has 6 nitrogen and oxygen atoms in total. The number of unbranched alkanes of at least 4 members (excludes halogenated alkanes) is 1. The van der Waals surface area contributed by atoms with Crippen molar-refractivity contribution in [3.8, 4) is 11.1 Å². The van der Waals surface area contributed by atoms with Gasteiger partial charge in [-0.2, -0.15) is 26.3 Å². The number of hydrogen-bond donors (Lipinski definition) is 2. The molecule has 6 rings (SSSR count). The van der Waals surface area contributed by atoms with E-state index in [4.69, 9.17) is 4.98 Å². The van der Waals surface area contributed by atoms with Crippen LogP contribution in [0.3, 0.4) is 0 Å². The lowest BCUT2D eigenvalue weighted by atomic mass is 9.77. The number of aryl methyl sites for hydroxylation is 3. The average Bonchev–Trinajstić information content (AvgIpc) is 3.66. The number of fused-ring (bicyclic) bond motifs is 2. The van der Waals surface area contributed by atoms with Crippen LogP contribution in [-0.4, -0.2) is 34.1 Å². The molecule has 4 aromatic carbocycles. The van der Waals surface area contributed by atoms with Crippen LogP contribution in [0.5, 0.6) is 0 Å². The van der Waals surface area contributed by atoms with Crippen molar-refractivity contribution in [1.82, 2.24) is 14.9 Å². The molecule has 2 amide bonds. The van der Waals surface area contributed by atoms with E-state index in [-0.39, 0.29) is 12.0 Å². The van der Waals surface area contributed by atoms with Crippen molar-refractivity contribution in [2.45, 2.75) is 70.3 Å². The van der Waals surface area contributed by atoms with Crippen molar-refractivity contribution in [1.29, 1.82) is 0 Å². The number of rotatable bonds is 13. The second-order valence-corrected chi connectivity index (χ2v) is 13.8. The number of carbonyl (C=O) groups is 2. The average molecular weight is 759 g/mol. The van der Waals surface area contributed by atoms with Gasteiger partial charge in [0.15, 0.2) is 0 Å². The van der Waals surface area contributed by atoms with E-state index in [1.165, 1.54) is 12.1 Å². The van der Waals surface area contributed by atoms with Crippen LogP contribution in [0.1, 0.15) is 70.5 Å². The van der Waals surface area contributed by atoms with Crippen LogP contribution in [0.15, 0.2) is 104 Å². The maximum absolute atomic E-state index is 13.8. The van der Waals surface area contributed by atoms with Crippen molar-refractivity contribution in [3.05, 3.63) is 137 Å². The lowest BCUT2D eigenvalue weighted by Crippen LogP contribution is -2.45. The molecule has 1 atom stereocenters. The van der Waals surface area contributed by atoms with E-state index in [0.717, 1.165) is 34.3 Å². The van der Waals surface area contributed by atoms with Crippen LogP contribution < -0.4 is 10.6 Å². The maximum atomic E-state index is 13.8. The van der Waals surface area contributed by atoms with Gasteiger partial charge in [0.1, 0.15) is 17.9 Å². The molecule has 5 aromatic rings. The number of carbonyl (C=O) groups excluding carboxylic acids is 2. The van der Waals surface area contributed by atoms with Gasteiger partial charge in [0.05, 0.1) is 22.2 Å². The molecule has 0 bridgehead atoms. The minimum Gasteiger partial charge on any atom is -0.346 e. The standard InChI is InChI=1S/C43H40F6N4O2/c1-4-5-12-30-25-41(35-16-9-8-14-33(30)35,40(55)50-26-42(44,45)46)23-10-11-24-53-28(3)51-38-36(53)22-17-27(2)37(38)52-39(54)34-15-7-6-13-32(34)29-18-20-31(21-19-29)43(47,48)49/h4,6-9,13-22,25H,1,5,10-12,23-24,26H2,2-3H3,(H,50,55)(H,52,54). The number of nitrogens with one attached hydrogen (secondary N) is 2. The Morgan fingerprint density at radius 1 is 0.873 bits per heavy atom. The Balaban J connectivity index is 1.23.